The van der Waals surface area contributed by atoms with E-state index in [9.17, 15) is 0 Å². The molecule has 0 saturated carbocycles. The van der Waals surface area contributed by atoms with Gasteiger partial charge in [-0.2, -0.15) is 9.61 Å². The first-order valence-corrected chi connectivity index (χ1v) is 9.67. The monoisotopic (exact) mass is 381 g/mol. The Morgan fingerprint density at radius 2 is 1.83 bits per heavy atom. The summed E-state index contributed by atoms with van der Waals surface area (Å²) in [6.07, 6.45) is 5.14. The first-order chi connectivity index (χ1) is 11.7. The second kappa shape index (κ2) is 6.96. The van der Waals surface area contributed by atoms with E-state index >= 15 is 0 Å². The molecule has 2 aromatic heterocycles. The lowest BCUT2D eigenvalue weighted by atomic mass is 10.2. The van der Waals surface area contributed by atoms with Crippen LogP contribution >= 0.6 is 34.5 Å². The summed E-state index contributed by atoms with van der Waals surface area (Å²) in [6.45, 7) is 3.02. The molecule has 0 unspecified atom stereocenters. The topological polar surface area (TPSA) is 46.3 Å². The number of nitrogens with zero attached hydrogens (tertiary/aromatic N) is 5. The van der Waals surface area contributed by atoms with Gasteiger partial charge < -0.3 is 0 Å². The Hall–Kier alpha value is -1.21. The van der Waals surface area contributed by atoms with Crippen molar-refractivity contribution in [3.05, 3.63) is 34.1 Å². The molecule has 1 aliphatic rings. The molecule has 24 heavy (non-hydrogen) atoms. The highest BCUT2D eigenvalue weighted by Crippen LogP contribution is 2.33. The Balaban J connectivity index is 1.64. The predicted molar refractivity (Wildman–Crippen MR) is 97.9 cm³/mol. The van der Waals surface area contributed by atoms with Crippen LogP contribution in [0.25, 0.3) is 15.5 Å². The van der Waals surface area contributed by atoms with Gasteiger partial charge >= 0.3 is 0 Å². The number of likely N-dealkylation sites (tertiary alicyclic amines) is 1. The van der Waals surface area contributed by atoms with Crippen molar-refractivity contribution in [2.75, 3.05) is 13.1 Å². The van der Waals surface area contributed by atoms with Gasteiger partial charge in [0.25, 0.3) is 0 Å². The van der Waals surface area contributed by atoms with Gasteiger partial charge in [-0.15, -0.1) is 10.2 Å². The van der Waals surface area contributed by atoms with Gasteiger partial charge in [0, 0.05) is 10.6 Å². The summed E-state index contributed by atoms with van der Waals surface area (Å²) in [5.41, 5.74) is 0.834. The van der Waals surface area contributed by atoms with Crippen LogP contribution in [-0.2, 0) is 6.54 Å². The molecule has 8 heteroatoms. The van der Waals surface area contributed by atoms with Crippen molar-refractivity contribution in [1.29, 1.82) is 0 Å². The minimum atomic E-state index is 0.637. The Kier molecular flexibility index (Phi) is 4.72. The Morgan fingerprint density at radius 1 is 1.04 bits per heavy atom. The Bertz CT molecular complexity index is 851. The zero-order chi connectivity index (χ0) is 16.5. The van der Waals surface area contributed by atoms with Crippen LogP contribution in [0.4, 0.5) is 0 Å². The fourth-order valence-electron chi connectivity index (χ4n) is 3.02. The van der Waals surface area contributed by atoms with Crippen molar-refractivity contribution >= 4 is 39.5 Å². The fraction of sp³-hybridized carbons (Fsp3) is 0.438. The number of halogens is 2. The summed E-state index contributed by atoms with van der Waals surface area (Å²) in [5.74, 6) is 0.882. The summed E-state index contributed by atoms with van der Waals surface area (Å²) in [7, 11) is 0. The zero-order valence-electron chi connectivity index (χ0n) is 13.1. The van der Waals surface area contributed by atoms with Crippen LogP contribution < -0.4 is 0 Å². The molecule has 0 bridgehead atoms. The van der Waals surface area contributed by atoms with Crippen LogP contribution in [0, 0.1) is 0 Å². The van der Waals surface area contributed by atoms with Crippen LogP contribution in [0.15, 0.2) is 18.2 Å². The van der Waals surface area contributed by atoms with E-state index in [4.69, 9.17) is 23.2 Å². The molecule has 5 nitrogen and oxygen atoms in total. The number of rotatable bonds is 3. The molecule has 0 amide bonds. The molecule has 0 aliphatic carbocycles. The summed E-state index contributed by atoms with van der Waals surface area (Å²) in [5, 5.41) is 15.4. The summed E-state index contributed by atoms with van der Waals surface area (Å²) < 4.78 is 1.84. The molecule has 4 rings (SSSR count). The zero-order valence-corrected chi connectivity index (χ0v) is 15.4. The maximum absolute atomic E-state index is 6.29. The second-order valence-electron chi connectivity index (χ2n) is 6.03. The Morgan fingerprint density at radius 3 is 2.62 bits per heavy atom. The maximum atomic E-state index is 6.29. The van der Waals surface area contributed by atoms with E-state index in [1.165, 1.54) is 37.0 Å². The third-order valence-corrected chi connectivity index (χ3v) is 5.77. The van der Waals surface area contributed by atoms with E-state index in [-0.39, 0.29) is 0 Å². The van der Waals surface area contributed by atoms with E-state index in [0.29, 0.717) is 10.0 Å². The lowest BCUT2D eigenvalue weighted by molar-refractivity contribution is 0.268. The number of aromatic nitrogens is 4. The SMILES string of the molecule is Clc1ccc(Cl)c(-c2nn3c(CN4CCCCCC4)nnc3s2)c1. The summed E-state index contributed by atoms with van der Waals surface area (Å²) in [6, 6.07) is 5.41. The van der Waals surface area contributed by atoms with Gasteiger partial charge in [0.05, 0.1) is 11.6 Å². The molecular weight excluding hydrogens is 365 g/mol. The lowest BCUT2D eigenvalue weighted by Crippen LogP contribution is -2.25. The molecule has 0 radical (unpaired) electrons. The third-order valence-electron chi connectivity index (χ3n) is 4.28. The van der Waals surface area contributed by atoms with Gasteiger partial charge in [-0.05, 0) is 44.1 Å². The molecule has 0 spiro atoms. The van der Waals surface area contributed by atoms with Gasteiger partial charge in [0.2, 0.25) is 4.96 Å². The number of hydrogen-bond donors (Lipinski definition) is 0. The lowest BCUT2D eigenvalue weighted by Gasteiger charge is -2.17. The molecular formula is C16H17Cl2N5S. The van der Waals surface area contributed by atoms with Gasteiger partial charge in [0.15, 0.2) is 5.82 Å². The molecule has 3 aromatic rings. The molecule has 126 valence electrons. The molecule has 3 heterocycles. The molecule has 0 N–H and O–H groups in total. The largest absolute Gasteiger partial charge is 0.296 e. The Labute approximate surface area is 154 Å². The van der Waals surface area contributed by atoms with Crippen molar-refractivity contribution < 1.29 is 0 Å². The molecule has 0 atom stereocenters. The van der Waals surface area contributed by atoms with Crippen LogP contribution in [0.1, 0.15) is 31.5 Å². The van der Waals surface area contributed by atoms with Crippen LogP contribution in [-0.4, -0.2) is 37.8 Å². The highest BCUT2D eigenvalue weighted by molar-refractivity contribution is 7.19. The average Bonchev–Trinajstić information content (AvgIpc) is 3.04. The van der Waals surface area contributed by atoms with Crippen LogP contribution in [0.2, 0.25) is 10.0 Å². The first-order valence-electron chi connectivity index (χ1n) is 8.09. The average molecular weight is 382 g/mol. The minimum Gasteiger partial charge on any atom is -0.296 e. The predicted octanol–water partition coefficient (Wildman–Crippen LogP) is 4.54. The normalized spacial score (nSPS) is 16.6. The third kappa shape index (κ3) is 3.28. The number of benzene rings is 1. The van der Waals surface area contributed by atoms with Crippen molar-refractivity contribution in [3.63, 3.8) is 0 Å². The van der Waals surface area contributed by atoms with Gasteiger partial charge in [-0.25, -0.2) is 0 Å². The second-order valence-corrected chi connectivity index (χ2v) is 7.83. The fourth-order valence-corrected chi connectivity index (χ4v) is 4.34. The standard InChI is InChI=1S/C16H17Cl2N5S/c17-11-5-6-13(18)12(9-11)15-21-23-14(19-20-16(23)24-15)10-22-7-3-1-2-4-8-22/h5-6,9H,1-4,7-8,10H2. The maximum Gasteiger partial charge on any atom is 0.235 e. The minimum absolute atomic E-state index is 0.637. The van der Waals surface area contributed by atoms with Gasteiger partial charge in [0.1, 0.15) is 5.01 Å². The van der Waals surface area contributed by atoms with E-state index in [0.717, 1.165) is 41.0 Å². The number of fused-ring (bicyclic) bond motifs is 1. The highest BCUT2D eigenvalue weighted by Gasteiger charge is 2.18. The van der Waals surface area contributed by atoms with E-state index < -0.39 is 0 Å². The molecule has 1 saturated heterocycles. The quantitative estimate of drug-likeness (QED) is 0.668. The van der Waals surface area contributed by atoms with Crippen molar-refractivity contribution in [2.45, 2.75) is 32.2 Å². The highest BCUT2D eigenvalue weighted by atomic mass is 35.5. The number of hydrogen-bond acceptors (Lipinski definition) is 5. The van der Waals surface area contributed by atoms with E-state index in [1.54, 1.807) is 12.1 Å². The molecule has 1 fully saturated rings. The van der Waals surface area contributed by atoms with Crippen molar-refractivity contribution in [2.24, 2.45) is 0 Å². The van der Waals surface area contributed by atoms with Crippen LogP contribution in [0.3, 0.4) is 0 Å². The summed E-state index contributed by atoms with van der Waals surface area (Å²) >= 11 is 13.9. The van der Waals surface area contributed by atoms with Crippen LogP contribution in [0.5, 0.6) is 0 Å². The van der Waals surface area contributed by atoms with Gasteiger partial charge in [-0.1, -0.05) is 47.4 Å². The molecule has 1 aliphatic heterocycles. The van der Waals surface area contributed by atoms with Gasteiger partial charge in [-0.3, -0.25) is 4.90 Å². The van der Waals surface area contributed by atoms with E-state index in [1.807, 2.05) is 10.6 Å². The first kappa shape index (κ1) is 16.3. The molecule has 1 aromatic carbocycles. The van der Waals surface area contributed by atoms with Crippen molar-refractivity contribution in [1.82, 2.24) is 24.7 Å². The van der Waals surface area contributed by atoms with E-state index in [2.05, 4.69) is 20.2 Å². The summed E-state index contributed by atoms with van der Waals surface area (Å²) in [4.78, 5) is 3.22. The van der Waals surface area contributed by atoms with Crippen molar-refractivity contribution in [3.8, 4) is 10.6 Å². The smallest absolute Gasteiger partial charge is 0.235 e.